The van der Waals surface area contributed by atoms with E-state index < -0.39 is 0 Å². The van der Waals surface area contributed by atoms with Crippen LogP contribution in [0, 0.1) is 0 Å². The quantitative estimate of drug-likeness (QED) is 0.884. The summed E-state index contributed by atoms with van der Waals surface area (Å²) in [6.07, 6.45) is 1.15. The zero-order chi connectivity index (χ0) is 16.4. The Balaban J connectivity index is 1.99. The molecule has 1 aliphatic rings. The molecule has 1 aromatic heterocycles. The zero-order valence-electron chi connectivity index (χ0n) is 13.3. The number of hydrogen-bond acceptors (Lipinski definition) is 4. The molecule has 1 atom stereocenters. The van der Waals surface area contributed by atoms with Gasteiger partial charge in [0.1, 0.15) is 0 Å². The third kappa shape index (κ3) is 2.76. The van der Waals surface area contributed by atoms with Crippen LogP contribution in [0.3, 0.4) is 0 Å². The molecule has 6 nitrogen and oxygen atoms in total. The average Bonchev–Trinajstić information content (AvgIpc) is 2.97. The molecule has 0 spiro atoms. The number of nitrogens with one attached hydrogen (secondary N) is 1. The van der Waals surface area contributed by atoms with Crippen molar-refractivity contribution in [1.29, 1.82) is 0 Å². The maximum atomic E-state index is 12.1. The number of nitrogens with zero attached hydrogens (tertiary/aromatic N) is 1. The van der Waals surface area contributed by atoms with Gasteiger partial charge in [-0.15, -0.1) is 0 Å². The molecule has 0 saturated carbocycles. The Labute approximate surface area is 134 Å². The van der Waals surface area contributed by atoms with Gasteiger partial charge >= 0.3 is 12.1 Å². The highest BCUT2D eigenvalue weighted by Crippen LogP contribution is 2.37. The summed E-state index contributed by atoms with van der Waals surface area (Å²) in [6.45, 7) is 0.577. The molecule has 23 heavy (non-hydrogen) atoms. The van der Waals surface area contributed by atoms with E-state index in [9.17, 15) is 9.59 Å². The molecule has 6 heteroatoms. The molecule has 0 fully saturated rings. The minimum absolute atomic E-state index is 0.210. The van der Waals surface area contributed by atoms with E-state index in [2.05, 4.69) is 11.1 Å². The van der Waals surface area contributed by atoms with Crippen molar-refractivity contribution >= 4 is 23.0 Å². The number of ether oxygens (including phenoxy) is 2. The third-order valence-electron chi connectivity index (χ3n) is 4.42. The van der Waals surface area contributed by atoms with E-state index in [1.165, 1.54) is 25.2 Å². The first-order chi connectivity index (χ1) is 11.2. The van der Waals surface area contributed by atoms with Crippen molar-refractivity contribution in [3.63, 3.8) is 0 Å². The normalized spacial score (nSPS) is 17.0. The number of benzene rings is 1. The number of aromatic amines is 1. The number of carbonyl (C=O) groups is 2. The van der Waals surface area contributed by atoms with Crippen LogP contribution < -0.4 is 0 Å². The van der Waals surface area contributed by atoms with Gasteiger partial charge in [-0.25, -0.2) is 4.79 Å². The fraction of sp³-hybridized carbons (Fsp3) is 0.412. The van der Waals surface area contributed by atoms with E-state index in [4.69, 9.17) is 9.47 Å². The second-order valence-corrected chi connectivity index (χ2v) is 5.61. The summed E-state index contributed by atoms with van der Waals surface area (Å²) in [7, 11) is 2.75. The van der Waals surface area contributed by atoms with Crippen molar-refractivity contribution in [2.75, 3.05) is 20.8 Å². The van der Waals surface area contributed by atoms with Crippen molar-refractivity contribution < 1.29 is 19.1 Å². The first-order valence-electron chi connectivity index (χ1n) is 7.66. The second-order valence-electron chi connectivity index (χ2n) is 5.61. The SMILES string of the molecule is COC(=O)CCC1c2[nH]c3ccccc3c2CCN1C(=O)OC. The maximum absolute atomic E-state index is 12.1. The Morgan fingerprint density at radius 1 is 1.26 bits per heavy atom. The van der Waals surface area contributed by atoms with Crippen LogP contribution in [0.4, 0.5) is 4.79 Å². The van der Waals surface area contributed by atoms with Crippen LogP contribution in [0.1, 0.15) is 30.1 Å². The molecule has 0 radical (unpaired) electrons. The number of methoxy groups -OCH3 is 2. The monoisotopic (exact) mass is 316 g/mol. The lowest BCUT2D eigenvalue weighted by Crippen LogP contribution is -2.40. The van der Waals surface area contributed by atoms with Crippen LogP contribution in [-0.4, -0.2) is 42.7 Å². The Morgan fingerprint density at radius 3 is 2.78 bits per heavy atom. The number of carbonyl (C=O) groups excluding carboxylic acids is 2. The second kappa shape index (κ2) is 6.32. The number of amides is 1. The minimum atomic E-state index is -0.371. The highest BCUT2D eigenvalue weighted by atomic mass is 16.5. The predicted molar refractivity (Wildman–Crippen MR) is 85.1 cm³/mol. The standard InChI is InChI=1S/C17H20N2O4/c1-22-15(20)8-7-14-16-12(9-10-19(14)17(21)23-2)11-5-3-4-6-13(11)18-16/h3-6,14,18H,7-10H2,1-2H3. The Hall–Kier alpha value is -2.50. The molecule has 0 bridgehead atoms. The Morgan fingerprint density at radius 2 is 2.04 bits per heavy atom. The van der Waals surface area contributed by atoms with Gasteiger partial charge in [0.05, 0.1) is 20.3 Å². The van der Waals surface area contributed by atoms with Gasteiger partial charge in [-0.3, -0.25) is 9.69 Å². The Bertz CT molecular complexity index is 737. The van der Waals surface area contributed by atoms with E-state index in [0.717, 1.165) is 17.6 Å². The Kier molecular flexibility index (Phi) is 4.23. The van der Waals surface area contributed by atoms with Crippen LogP contribution in [0.2, 0.25) is 0 Å². The lowest BCUT2D eigenvalue weighted by Gasteiger charge is -2.34. The molecule has 2 aromatic rings. The van der Waals surface area contributed by atoms with E-state index in [0.29, 0.717) is 13.0 Å². The summed E-state index contributed by atoms with van der Waals surface area (Å²) in [5.74, 6) is -0.280. The number of fused-ring (bicyclic) bond motifs is 3. The van der Waals surface area contributed by atoms with Crippen LogP contribution in [0.25, 0.3) is 10.9 Å². The minimum Gasteiger partial charge on any atom is -0.469 e. The molecule has 1 aromatic carbocycles. The van der Waals surface area contributed by atoms with Crippen LogP contribution >= 0.6 is 0 Å². The van der Waals surface area contributed by atoms with Gasteiger partial charge in [0.15, 0.2) is 0 Å². The summed E-state index contributed by atoms with van der Waals surface area (Å²) in [6, 6.07) is 7.87. The number of rotatable bonds is 3. The summed E-state index contributed by atoms with van der Waals surface area (Å²) < 4.78 is 9.63. The van der Waals surface area contributed by atoms with Gasteiger partial charge in [0.25, 0.3) is 0 Å². The molecule has 3 rings (SSSR count). The van der Waals surface area contributed by atoms with Gasteiger partial charge < -0.3 is 14.5 Å². The topological polar surface area (TPSA) is 71.6 Å². The molecule has 1 N–H and O–H groups in total. The summed E-state index contributed by atoms with van der Waals surface area (Å²) in [5.41, 5.74) is 3.26. The number of para-hydroxylation sites is 1. The highest BCUT2D eigenvalue weighted by molar-refractivity contribution is 5.85. The molecule has 0 aliphatic carbocycles. The van der Waals surface area contributed by atoms with Gasteiger partial charge in [-0.05, 0) is 24.5 Å². The molecule has 1 unspecified atom stereocenters. The van der Waals surface area contributed by atoms with Gasteiger partial charge in [-0.1, -0.05) is 18.2 Å². The highest BCUT2D eigenvalue weighted by Gasteiger charge is 2.34. The van der Waals surface area contributed by atoms with Gasteiger partial charge in [0, 0.05) is 29.6 Å². The van der Waals surface area contributed by atoms with Crippen molar-refractivity contribution in [3.8, 4) is 0 Å². The molecular weight excluding hydrogens is 296 g/mol. The smallest absolute Gasteiger partial charge is 0.410 e. The first kappa shape index (κ1) is 15.4. The predicted octanol–water partition coefficient (Wildman–Crippen LogP) is 2.79. The van der Waals surface area contributed by atoms with E-state index in [1.54, 1.807) is 4.90 Å². The first-order valence-corrected chi connectivity index (χ1v) is 7.66. The molecule has 122 valence electrons. The third-order valence-corrected chi connectivity index (χ3v) is 4.42. The summed E-state index contributed by atoms with van der Waals surface area (Å²) in [4.78, 5) is 28.7. The largest absolute Gasteiger partial charge is 0.469 e. The number of H-pyrrole nitrogens is 1. The van der Waals surface area contributed by atoms with Gasteiger partial charge in [0.2, 0.25) is 0 Å². The summed E-state index contributed by atoms with van der Waals surface area (Å²) in [5, 5.41) is 1.18. The molecular formula is C17H20N2O4. The number of hydrogen-bond donors (Lipinski definition) is 1. The van der Waals surface area contributed by atoms with Crippen molar-refractivity contribution in [3.05, 3.63) is 35.5 Å². The lowest BCUT2D eigenvalue weighted by atomic mass is 9.95. The maximum Gasteiger partial charge on any atom is 0.410 e. The van der Waals surface area contributed by atoms with Crippen LogP contribution in [0.15, 0.2) is 24.3 Å². The summed E-state index contributed by atoms with van der Waals surface area (Å²) >= 11 is 0. The average molecular weight is 316 g/mol. The number of esters is 1. The molecule has 0 saturated heterocycles. The van der Waals surface area contributed by atoms with Gasteiger partial charge in [-0.2, -0.15) is 0 Å². The lowest BCUT2D eigenvalue weighted by molar-refractivity contribution is -0.141. The zero-order valence-corrected chi connectivity index (χ0v) is 13.3. The van der Waals surface area contributed by atoms with E-state index in [1.807, 2.05) is 18.2 Å². The van der Waals surface area contributed by atoms with Crippen LogP contribution in [-0.2, 0) is 20.7 Å². The van der Waals surface area contributed by atoms with Crippen molar-refractivity contribution in [2.24, 2.45) is 0 Å². The van der Waals surface area contributed by atoms with Crippen LogP contribution in [0.5, 0.6) is 0 Å². The van der Waals surface area contributed by atoms with Crippen molar-refractivity contribution in [2.45, 2.75) is 25.3 Å². The molecule has 2 heterocycles. The number of aromatic nitrogens is 1. The fourth-order valence-electron chi connectivity index (χ4n) is 3.31. The van der Waals surface area contributed by atoms with Crippen molar-refractivity contribution in [1.82, 2.24) is 9.88 Å². The van der Waals surface area contributed by atoms with E-state index in [-0.39, 0.29) is 24.5 Å². The molecule has 1 aliphatic heterocycles. The van der Waals surface area contributed by atoms with E-state index >= 15 is 0 Å². The molecule has 1 amide bonds. The fourth-order valence-corrected chi connectivity index (χ4v) is 3.31.